The van der Waals surface area contributed by atoms with E-state index in [0.29, 0.717) is 18.0 Å². The number of rotatable bonds is 5. The lowest BCUT2D eigenvalue weighted by Gasteiger charge is -2.17. The van der Waals surface area contributed by atoms with Crippen LogP contribution in [0.3, 0.4) is 0 Å². The molecule has 0 radical (unpaired) electrons. The molecule has 0 saturated carbocycles. The van der Waals surface area contributed by atoms with Crippen LogP contribution in [0.5, 0.6) is 0 Å². The number of aliphatic hydroxyl groups excluding tert-OH is 1. The van der Waals surface area contributed by atoms with Crippen molar-refractivity contribution < 1.29 is 5.11 Å². The Bertz CT molecular complexity index is 714. The summed E-state index contributed by atoms with van der Waals surface area (Å²) >= 11 is 0. The zero-order chi connectivity index (χ0) is 16.3. The van der Waals surface area contributed by atoms with E-state index in [0.717, 1.165) is 23.2 Å². The van der Waals surface area contributed by atoms with Crippen molar-refractivity contribution in [1.82, 2.24) is 4.57 Å². The summed E-state index contributed by atoms with van der Waals surface area (Å²) in [5.74, 6) is 0.524. The van der Waals surface area contributed by atoms with Crippen LogP contribution < -0.4 is 5.56 Å². The van der Waals surface area contributed by atoms with E-state index in [1.807, 2.05) is 10.6 Å². The minimum Gasteiger partial charge on any atom is -0.391 e. The van der Waals surface area contributed by atoms with Gasteiger partial charge in [-0.1, -0.05) is 31.5 Å². The smallest absolute Gasteiger partial charge is 0.256 e. The molecule has 0 aliphatic rings. The Hall–Kier alpha value is -1.87. The average molecular weight is 299 g/mol. The normalized spacial score (nSPS) is 11.2. The van der Waals surface area contributed by atoms with Gasteiger partial charge in [-0.25, -0.2) is 0 Å². The van der Waals surface area contributed by atoms with Gasteiger partial charge in [-0.05, 0) is 49.9 Å². The molecular formula is C19H25NO2. The lowest BCUT2D eigenvalue weighted by molar-refractivity contribution is 0.279. The van der Waals surface area contributed by atoms with Gasteiger partial charge in [0.1, 0.15) is 0 Å². The van der Waals surface area contributed by atoms with Crippen molar-refractivity contribution in [2.45, 2.75) is 47.3 Å². The monoisotopic (exact) mass is 299 g/mol. The molecule has 0 unspecified atom stereocenters. The Labute approximate surface area is 132 Å². The van der Waals surface area contributed by atoms with E-state index in [1.54, 1.807) is 6.07 Å². The Kier molecular flexibility index (Phi) is 5.19. The molecule has 0 saturated heterocycles. The van der Waals surface area contributed by atoms with Gasteiger partial charge in [0.25, 0.3) is 5.56 Å². The van der Waals surface area contributed by atoms with Gasteiger partial charge in [-0.15, -0.1) is 0 Å². The number of pyridine rings is 1. The number of aromatic nitrogens is 1. The summed E-state index contributed by atoms with van der Waals surface area (Å²) in [4.78, 5) is 12.6. The van der Waals surface area contributed by atoms with E-state index in [4.69, 9.17) is 0 Å². The third-order valence-corrected chi connectivity index (χ3v) is 4.02. The Morgan fingerprint density at radius 3 is 2.50 bits per heavy atom. The molecular weight excluding hydrogens is 274 g/mol. The standard InChI is InChI=1S/C19H25NO2/c1-13(2)9-10-20-18(8-7-16(12-21)19(20)22)17-11-14(3)5-6-15(17)4/h5-8,11,13,21H,9-10,12H2,1-4H3. The van der Waals surface area contributed by atoms with Gasteiger partial charge >= 0.3 is 0 Å². The van der Waals surface area contributed by atoms with Gasteiger partial charge in [-0.3, -0.25) is 4.79 Å². The van der Waals surface area contributed by atoms with Crippen LogP contribution in [0.25, 0.3) is 11.3 Å². The van der Waals surface area contributed by atoms with Gasteiger partial charge in [0.2, 0.25) is 0 Å². The third-order valence-electron chi connectivity index (χ3n) is 4.02. The van der Waals surface area contributed by atoms with Crippen LogP contribution in [-0.4, -0.2) is 9.67 Å². The fourth-order valence-electron chi connectivity index (χ4n) is 2.60. The molecule has 118 valence electrons. The van der Waals surface area contributed by atoms with Crippen molar-refractivity contribution in [3.8, 4) is 11.3 Å². The molecule has 0 bridgehead atoms. The summed E-state index contributed by atoms with van der Waals surface area (Å²) in [7, 11) is 0. The molecule has 3 heteroatoms. The van der Waals surface area contributed by atoms with Crippen LogP contribution in [0, 0.1) is 19.8 Å². The number of nitrogens with zero attached hydrogens (tertiary/aromatic N) is 1. The fourth-order valence-corrected chi connectivity index (χ4v) is 2.60. The van der Waals surface area contributed by atoms with Crippen LogP contribution in [0.2, 0.25) is 0 Å². The summed E-state index contributed by atoms with van der Waals surface area (Å²) in [6.45, 7) is 8.88. The van der Waals surface area contributed by atoms with Gasteiger partial charge in [0, 0.05) is 17.7 Å². The highest BCUT2D eigenvalue weighted by atomic mass is 16.3. The number of aliphatic hydroxyl groups is 1. The highest BCUT2D eigenvalue weighted by Crippen LogP contribution is 2.24. The molecule has 0 amide bonds. The highest BCUT2D eigenvalue weighted by molar-refractivity contribution is 5.65. The van der Waals surface area contributed by atoms with Crippen molar-refractivity contribution in [1.29, 1.82) is 0 Å². The fraction of sp³-hybridized carbons (Fsp3) is 0.421. The predicted molar refractivity (Wildman–Crippen MR) is 91.0 cm³/mol. The van der Waals surface area contributed by atoms with Crippen LogP contribution in [0.4, 0.5) is 0 Å². The summed E-state index contributed by atoms with van der Waals surface area (Å²) in [5, 5.41) is 9.37. The maximum Gasteiger partial charge on any atom is 0.256 e. The maximum absolute atomic E-state index is 12.6. The number of aryl methyl sites for hydroxylation is 2. The molecule has 1 heterocycles. The average Bonchev–Trinajstić information content (AvgIpc) is 2.48. The summed E-state index contributed by atoms with van der Waals surface area (Å²) in [6.07, 6.45) is 0.937. The van der Waals surface area contributed by atoms with Gasteiger partial charge in [-0.2, -0.15) is 0 Å². The highest BCUT2D eigenvalue weighted by Gasteiger charge is 2.12. The second-order valence-electron chi connectivity index (χ2n) is 6.36. The van der Waals surface area contributed by atoms with Crippen molar-refractivity contribution in [3.63, 3.8) is 0 Å². The van der Waals surface area contributed by atoms with Crippen LogP contribution in [0.15, 0.2) is 35.1 Å². The molecule has 1 aromatic heterocycles. The van der Waals surface area contributed by atoms with Crippen molar-refractivity contribution in [2.24, 2.45) is 5.92 Å². The quantitative estimate of drug-likeness (QED) is 0.915. The van der Waals surface area contributed by atoms with Crippen LogP contribution in [-0.2, 0) is 13.2 Å². The molecule has 0 aliphatic heterocycles. The maximum atomic E-state index is 12.6. The minimum atomic E-state index is -0.215. The second-order valence-corrected chi connectivity index (χ2v) is 6.36. The molecule has 1 aromatic carbocycles. The van der Waals surface area contributed by atoms with Crippen LogP contribution in [0.1, 0.15) is 37.0 Å². The van der Waals surface area contributed by atoms with Gasteiger partial charge < -0.3 is 9.67 Å². The first-order valence-electron chi connectivity index (χ1n) is 7.85. The number of hydrogen-bond acceptors (Lipinski definition) is 2. The SMILES string of the molecule is Cc1ccc(C)c(-c2ccc(CO)c(=O)n2CCC(C)C)c1. The summed E-state index contributed by atoms with van der Waals surface area (Å²) < 4.78 is 1.81. The van der Waals surface area contributed by atoms with E-state index < -0.39 is 0 Å². The topological polar surface area (TPSA) is 42.2 Å². The second kappa shape index (κ2) is 6.93. The Morgan fingerprint density at radius 2 is 1.86 bits per heavy atom. The van der Waals surface area contributed by atoms with Crippen LogP contribution >= 0.6 is 0 Å². The molecule has 2 rings (SSSR count). The number of hydrogen-bond donors (Lipinski definition) is 1. The molecule has 0 aliphatic carbocycles. The zero-order valence-electron chi connectivity index (χ0n) is 13.9. The Morgan fingerprint density at radius 1 is 1.14 bits per heavy atom. The molecule has 3 nitrogen and oxygen atoms in total. The van der Waals surface area contributed by atoms with Crippen molar-refractivity contribution in [3.05, 3.63) is 57.4 Å². The molecule has 2 aromatic rings. The zero-order valence-corrected chi connectivity index (χ0v) is 13.9. The molecule has 1 N–H and O–H groups in total. The van der Waals surface area contributed by atoms with E-state index in [2.05, 4.69) is 45.9 Å². The third kappa shape index (κ3) is 3.47. The van der Waals surface area contributed by atoms with Crippen molar-refractivity contribution >= 4 is 0 Å². The van der Waals surface area contributed by atoms with E-state index >= 15 is 0 Å². The lowest BCUT2D eigenvalue weighted by Crippen LogP contribution is -2.26. The summed E-state index contributed by atoms with van der Waals surface area (Å²) in [5.41, 5.74) is 4.73. The first kappa shape index (κ1) is 16.5. The Balaban J connectivity index is 2.61. The first-order chi connectivity index (χ1) is 10.4. The summed E-state index contributed by atoms with van der Waals surface area (Å²) in [6, 6.07) is 9.98. The molecule has 0 atom stereocenters. The molecule has 0 spiro atoms. The predicted octanol–water partition coefficient (Wildman–Crippen LogP) is 3.67. The first-order valence-corrected chi connectivity index (χ1v) is 7.85. The number of benzene rings is 1. The van der Waals surface area contributed by atoms with E-state index in [-0.39, 0.29) is 12.2 Å². The van der Waals surface area contributed by atoms with Gasteiger partial charge in [0.05, 0.1) is 12.3 Å². The van der Waals surface area contributed by atoms with E-state index in [1.165, 1.54) is 5.56 Å². The molecule has 0 fully saturated rings. The van der Waals surface area contributed by atoms with Crippen molar-refractivity contribution in [2.75, 3.05) is 0 Å². The molecule has 22 heavy (non-hydrogen) atoms. The minimum absolute atomic E-state index is 0.0819. The lowest BCUT2D eigenvalue weighted by atomic mass is 10.0. The van der Waals surface area contributed by atoms with E-state index in [9.17, 15) is 9.90 Å². The van der Waals surface area contributed by atoms with Gasteiger partial charge in [0.15, 0.2) is 0 Å². The largest absolute Gasteiger partial charge is 0.391 e.